The maximum absolute atomic E-state index is 11.7. The number of nitriles is 1. The summed E-state index contributed by atoms with van der Waals surface area (Å²) < 4.78 is 0. The quantitative estimate of drug-likeness (QED) is 0.743. The van der Waals surface area contributed by atoms with Gasteiger partial charge in [0.15, 0.2) is 0 Å². The van der Waals surface area contributed by atoms with Crippen LogP contribution in [0.2, 0.25) is 0 Å². The van der Waals surface area contributed by atoms with Crippen LogP contribution in [0.25, 0.3) is 0 Å². The molecule has 0 aromatic heterocycles. The van der Waals surface area contributed by atoms with E-state index in [0.717, 1.165) is 5.56 Å². The SMILES string of the molecule is CC=CC(=O)N(CC)Cc1ccccc1C#N. The van der Waals surface area contributed by atoms with E-state index in [4.69, 9.17) is 5.26 Å². The van der Waals surface area contributed by atoms with Gasteiger partial charge in [-0.15, -0.1) is 0 Å². The summed E-state index contributed by atoms with van der Waals surface area (Å²) in [4.78, 5) is 13.4. The van der Waals surface area contributed by atoms with Crippen molar-refractivity contribution in [3.05, 3.63) is 47.5 Å². The lowest BCUT2D eigenvalue weighted by molar-refractivity contribution is -0.126. The topological polar surface area (TPSA) is 44.1 Å². The highest BCUT2D eigenvalue weighted by Crippen LogP contribution is 2.11. The lowest BCUT2D eigenvalue weighted by Crippen LogP contribution is -2.28. The summed E-state index contributed by atoms with van der Waals surface area (Å²) in [5.41, 5.74) is 1.51. The largest absolute Gasteiger partial charge is 0.335 e. The minimum atomic E-state index is -0.0252. The summed E-state index contributed by atoms with van der Waals surface area (Å²) in [5, 5.41) is 8.98. The van der Waals surface area contributed by atoms with Crippen molar-refractivity contribution in [3.63, 3.8) is 0 Å². The van der Waals surface area contributed by atoms with Gasteiger partial charge in [-0.05, 0) is 31.6 Å². The molecule has 0 bridgehead atoms. The van der Waals surface area contributed by atoms with Crippen molar-refractivity contribution in [2.75, 3.05) is 6.54 Å². The first-order chi connectivity index (χ1) is 8.22. The Bertz CT molecular complexity index is 458. The smallest absolute Gasteiger partial charge is 0.246 e. The van der Waals surface area contributed by atoms with E-state index in [0.29, 0.717) is 18.7 Å². The summed E-state index contributed by atoms with van der Waals surface area (Å²) in [5.74, 6) is -0.0252. The van der Waals surface area contributed by atoms with Gasteiger partial charge in [-0.1, -0.05) is 24.3 Å². The molecule has 3 heteroatoms. The number of carbonyl (C=O) groups excluding carboxylic acids is 1. The van der Waals surface area contributed by atoms with Crippen molar-refractivity contribution in [2.45, 2.75) is 20.4 Å². The van der Waals surface area contributed by atoms with E-state index in [9.17, 15) is 4.79 Å². The summed E-state index contributed by atoms with van der Waals surface area (Å²) in [6.07, 6.45) is 3.26. The van der Waals surface area contributed by atoms with Crippen LogP contribution < -0.4 is 0 Å². The van der Waals surface area contributed by atoms with E-state index in [1.807, 2.05) is 32.0 Å². The van der Waals surface area contributed by atoms with Crippen molar-refractivity contribution in [1.82, 2.24) is 4.90 Å². The molecule has 88 valence electrons. The highest BCUT2D eigenvalue weighted by molar-refractivity contribution is 5.87. The van der Waals surface area contributed by atoms with E-state index in [-0.39, 0.29) is 5.91 Å². The first-order valence-corrected chi connectivity index (χ1v) is 5.62. The standard InChI is InChI=1S/C14H16N2O/c1-3-7-14(17)16(4-2)11-13-9-6-5-8-12(13)10-15/h3,5-9H,4,11H2,1-2H3. The second kappa shape index (κ2) is 6.49. The van der Waals surface area contributed by atoms with Crippen LogP contribution >= 0.6 is 0 Å². The Labute approximate surface area is 102 Å². The lowest BCUT2D eigenvalue weighted by Gasteiger charge is -2.19. The number of amides is 1. The van der Waals surface area contributed by atoms with Crippen LogP contribution in [0.1, 0.15) is 25.0 Å². The van der Waals surface area contributed by atoms with Crippen molar-refractivity contribution < 1.29 is 4.79 Å². The fraction of sp³-hybridized carbons (Fsp3) is 0.286. The monoisotopic (exact) mass is 228 g/mol. The number of benzene rings is 1. The molecule has 0 aliphatic rings. The van der Waals surface area contributed by atoms with Crippen LogP contribution in [-0.4, -0.2) is 17.4 Å². The third-order valence-corrected chi connectivity index (χ3v) is 2.50. The molecule has 3 nitrogen and oxygen atoms in total. The molecule has 1 aromatic carbocycles. The lowest BCUT2D eigenvalue weighted by atomic mass is 10.1. The highest BCUT2D eigenvalue weighted by Gasteiger charge is 2.10. The Hall–Kier alpha value is -2.08. The average Bonchev–Trinajstić information content (AvgIpc) is 2.36. The molecule has 0 spiro atoms. The molecule has 0 radical (unpaired) electrons. The molecule has 1 rings (SSSR count). The maximum atomic E-state index is 11.7. The van der Waals surface area contributed by atoms with Crippen molar-refractivity contribution in [3.8, 4) is 6.07 Å². The van der Waals surface area contributed by atoms with Crippen molar-refractivity contribution in [1.29, 1.82) is 5.26 Å². The van der Waals surface area contributed by atoms with E-state index >= 15 is 0 Å². The zero-order valence-corrected chi connectivity index (χ0v) is 10.2. The minimum Gasteiger partial charge on any atom is -0.335 e. The Morgan fingerprint density at radius 3 is 2.76 bits per heavy atom. The second-order valence-corrected chi connectivity index (χ2v) is 3.62. The number of carbonyl (C=O) groups is 1. The third-order valence-electron chi connectivity index (χ3n) is 2.50. The normalized spacial score (nSPS) is 10.2. The van der Waals surface area contributed by atoms with E-state index < -0.39 is 0 Å². The summed E-state index contributed by atoms with van der Waals surface area (Å²) in [6.45, 7) is 4.84. The molecular formula is C14H16N2O. The molecule has 17 heavy (non-hydrogen) atoms. The van der Waals surface area contributed by atoms with Gasteiger partial charge in [-0.3, -0.25) is 4.79 Å². The molecule has 0 saturated carbocycles. The highest BCUT2D eigenvalue weighted by atomic mass is 16.2. The third kappa shape index (κ3) is 3.46. The summed E-state index contributed by atoms with van der Waals surface area (Å²) in [7, 11) is 0. The first-order valence-electron chi connectivity index (χ1n) is 5.62. The Morgan fingerprint density at radius 2 is 2.18 bits per heavy atom. The fourth-order valence-electron chi connectivity index (χ4n) is 1.57. The Kier molecular flexibility index (Phi) is 4.96. The van der Waals surface area contributed by atoms with Gasteiger partial charge in [0.1, 0.15) is 0 Å². The van der Waals surface area contributed by atoms with Gasteiger partial charge in [0, 0.05) is 13.1 Å². The van der Waals surface area contributed by atoms with Gasteiger partial charge >= 0.3 is 0 Å². The summed E-state index contributed by atoms with van der Waals surface area (Å²) >= 11 is 0. The zero-order chi connectivity index (χ0) is 12.7. The Morgan fingerprint density at radius 1 is 1.47 bits per heavy atom. The van der Waals surface area contributed by atoms with Crippen LogP contribution in [0.5, 0.6) is 0 Å². The molecule has 0 atom stereocenters. The predicted octanol–water partition coefficient (Wildman–Crippen LogP) is 2.48. The molecule has 0 aliphatic carbocycles. The number of hydrogen-bond donors (Lipinski definition) is 0. The van der Waals surface area contributed by atoms with Crippen LogP contribution in [0.3, 0.4) is 0 Å². The molecular weight excluding hydrogens is 212 g/mol. The van der Waals surface area contributed by atoms with Crippen molar-refractivity contribution in [2.24, 2.45) is 0 Å². The maximum Gasteiger partial charge on any atom is 0.246 e. The molecule has 0 unspecified atom stereocenters. The molecule has 0 fully saturated rings. The zero-order valence-electron chi connectivity index (χ0n) is 10.2. The number of allylic oxidation sites excluding steroid dienone is 1. The Balaban J connectivity index is 2.88. The minimum absolute atomic E-state index is 0.0252. The predicted molar refractivity (Wildman–Crippen MR) is 67.1 cm³/mol. The van der Waals surface area contributed by atoms with Crippen LogP contribution in [0.4, 0.5) is 0 Å². The van der Waals surface area contributed by atoms with E-state index in [1.165, 1.54) is 0 Å². The number of rotatable bonds is 4. The van der Waals surface area contributed by atoms with Gasteiger partial charge in [0.05, 0.1) is 11.6 Å². The molecule has 0 heterocycles. The molecule has 0 N–H and O–H groups in total. The summed E-state index contributed by atoms with van der Waals surface area (Å²) in [6, 6.07) is 9.49. The molecule has 0 saturated heterocycles. The van der Waals surface area contributed by atoms with Crippen LogP contribution in [0.15, 0.2) is 36.4 Å². The molecule has 1 amide bonds. The number of hydrogen-bond acceptors (Lipinski definition) is 2. The average molecular weight is 228 g/mol. The van der Waals surface area contributed by atoms with Gasteiger partial charge in [-0.2, -0.15) is 5.26 Å². The van der Waals surface area contributed by atoms with Crippen molar-refractivity contribution >= 4 is 5.91 Å². The fourth-order valence-corrected chi connectivity index (χ4v) is 1.57. The van der Waals surface area contributed by atoms with Gasteiger partial charge < -0.3 is 4.90 Å². The van der Waals surface area contributed by atoms with Gasteiger partial charge in [0.25, 0.3) is 0 Å². The molecule has 1 aromatic rings. The van der Waals surface area contributed by atoms with Gasteiger partial charge in [0.2, 0.25) is 5.91 Å². The number of nitrogens with zero attached hydrogens (tertiary/aromatic N) is 2. The molecule has 0 aliphatic heterocycles. The van der Waals surface area contributed by atoms with E-state index in [2.05, 4.69) is 6.07 Å². The number of likely N-dealkylation sites (N-methyl/N-ethyl adjacent to an activating group) is 1. The first kappa shape index (κ1) is 13.0. The second-order valence-electron chi connectivity index (χ2n) is 3.62. The van der Waals surface area contributed by atoms with Crippen LogP contribution in [-0.2, 0) is 11.3 Å². The van der Waals surface area contributed by atoms with Crippen LogP contribution in [0, 0.1) is 11.3 Å². The van der Waals surface area contributed by atoms with E-state index in [1.54, 1.807) is 23.1 Å². The van der Waals surface area contributed by atoms with Gasteiger partial charge in [-0.25, -0.2) is 0 Å².